The summed E-state index contributed by atoms with van der Waals surface area (Å²) >= 11 is 1.56. The highest BCUT2D eigenvalue weighted by atomic mass is 32.1. The molecular weight excluding hydrogens is 418 g/mol. The van der Waals surface area contributed by atoms with E-state index in [-0.39, 0.29) is 5.91 Å². The topological polar surface area (TPSA) is 60.5 Å². The second-order valence-electron chi connectivity index (χ2n) is 7.71. The molecule has 0 atom stereocenters. The maximum atomic E-state index is 12.1. The van der Waals surface area contributed by atoms with Crippen LogP contribution in [0.2, 0.25) is 0 Å². The lowest BCUT2D eigenvalue weighted by atomic mass is 10.1. The maximum Gasteiger partial charge on any atom is 0.243 e. The van der Waals surface area contributed by atoms with Gasteiger partial charge in [0, 0.05) is 30.7 Å². The van der Waals surface area contributed by atoms with E-state index in [1.165, 1.54) is 0 Å². The van der Waals surface area contributed by atoms with Gasteiger partial charge >= 0.3 is 0 Å². The largest absolute Gasteiger partial charge is 0.364 e. The number of thiazole rings is 1. The number of anilines is 6. The third-order valence-electron chi connectivity index (χ3n) is 5.50. The minimum absolute atomic E-state index is 0.0178. The zero-order valence-corrected chi connectivity index (χ0v) is 18.7. The van der Waals surface area contributed by atoms with E-state index < -0.39 is 0 Å². The molecule has 1 aromatic heterocycles. The Morgan fingerprint density at radius 1 is 1.06 bits per heavy atom. The molecule has 2 N–H and O–H groups in total. The Labute approximate surface area is 191 Å². The summed E-state index contributed by atoms with van der Waals surface area (Å²) in [5, 5.41) is 9.33. The summed E-state index contributed by atoms with van der Waals surface area (Å²) in [6.45, 7) is 0.335. The van der Waals surface area contributed by atoms with Gasteiger partial charge in [-0.25, -0.2) is 4.98 Å². The first kappa shape index (κ1) is 20.1. The van der Waals surface area contributed by atoms with E-state index in [2.05, 4.69) is 45.9 Å². The standard InChI is InChI=1S/C25H23N5OS/c1-29-15-24(31)26-19-13-20(23(14-22(19)29)30(2)18-11-7-4-8-12-18)27-25-28-21(16-32-25)17-9-5-3-6-10-17/h3-14,16H,15H2,1-2H3,(H,26,31)(H,27,28). The van der Waals surface area contributed by atoms with Crippen molar-refractivity contribution in [2.45, 2.75) is 0 Å². The van der Waals surface area contributed by atoms with Crippen LogP contribution < -0.4 is 20.4 Å². The maximum absolute atomic E-state index is 12.1. The number of fused-ring (bicyclic) bond motifs is 1. The molecule has 0 saturated heterocycles. The number of likely N-dealkylation sites (N-methyl/N-ethyl adjacent to an activating group) is 1. The van der Waals surface area contributed by atoms with Crippen molar-refractivity contribution < 1.29 is 4.79 Å². The van der Waals surface area contributed by atoms with Crippen LogP contribution in [0.5, 0.6) is 0 Å². The van der Waals surface area contributed by atoms with E-state index in [4.69, 9.17) is 4.98 Å². The fourth-order valence-corrected chi connectivity index (χ4v) is 4.57. The van der Waals surface area contributed by atoms with Crippen LogP contribution in [0.15, 0.2) is 78.2 Å². The summed E-state index contributed by atoms with van der Waals surface area (Å²) in [6, 6.07) is 24.4. The highest BCUT2D eigenvalue weighted by Gasteiger charge is 2.23. The third-order valence-corrected chi connectivity index (χ3v) is 6.26. The van der Waals surface area contributed by atoms with E-state index in [0.29, 0.717) is 6.54 Å². The molecular formula is C25H23N5OS. The van der Waals surface area contributed by atoms with Gasteiger partial charge in [-0.3, -0.25) is 4.79 Å². The first-order chi connectivity index (χ1) is 15.6. The molecule has 1 amide bonds. The van der Waals surface area contributed by atoms with Gasteiger partial charge in [-0.1, -0.05) is 48.5 Å². The number of aromatic nitrogens is 1. The van der Waals surface area contributed by atoms with Crippen LogP contribution in [0.25, 0.3) is 11.3 Å². The minimum Gasteiger partial charge on any atom is -0.364 e. The molecule has 1 aliphatic heterocycles. The molecule has 0 saturated carbocycles. The number of nitrogens with zero attached hydrogens (tertiary/aromatic N) is 3. The van der Waals surface area contributed by atoms with Crippen molar-refractivity contribution in [1.82, 2.24) is 4.98 Å². The van der Waals surface area contributed by atoms with Crippen LogP contribution in [0, 0.1) is 0 Å². The predicted molar refractivity (Wildman–Crippen MR) is 134 cm³/mol. The number of carbonyl (C=O) groups is 1. The summed E-state index contributed by atoms with van der Waals surface area (Å²) in [5.41, 5.74) is 6.73. The first-order valence-corrected chi connectivity index (χ1v) is 11.2. The SMILES string of the molecule is CN1CC(=O)Nc2cc(Nc3nc(-c4ccccc4)cs3)c(N(C)c3ccccc3)cc21. The number of carbonyl (C=O) groups excluding carboxylic acids is 1. The van der Waals surface area contributed by atoms with Crippen LogP contribution in [0.1, 0.15) is 0 Å². The number of para-hydroxylation sites is 1. The molecule has 0 unspecified atom stereocenters. The second kappa shape index (κ2) is 8.36. The number of hydrogen-bond donors (Lipinski definition) is 2. The predicted octanol–water partition coefficient (Wildman–Crippen LogP) is 5.71. The smallest absolute Gasteiger partial charge is 0.243 e. The molecule has 0 aliphatic carbocycles. The van der Waals surface area contributed by atoms with Gasteiger partial charge < -0.3 is 20.4 Å². The Hall–Kier alpha value is -3.84. The van der Waals surface area contributed by atoms with Crippen LogP contribution >= 0.6 is 11.3 Å². The van der Waals surface area contributed by atoms with Crippen molar-refractivity contribution >= 4 is 50.8 Å². The Kier molecular flexibility index (Phi) is 5.25. The highest BCUT2D eigenvalue weighted by Crippen LogP contribution is 2.42. The minimum atomic E-state index is -0.0178. The van der Waals surface area contributed by atoms with E-state index in [9.17, 15) is 4.79 Å². The third kappa shape index (κ3) is 3.90. The zero-order chi connectivity index (χ0) is 22.1. The number of benzene rings is 3. The average molecular weight is 442 g/mol. The molecule has 4 aromatic rings. The molecule has 2 heterocycles. The highest BCUT2D eigenvalue weighted by molar-refractivity contribution is 7.14. The Balaban J connectivity index is 1.55. The van der Waals surface area contributed by atoms with Gasteiger partial charge in [-0.15, -0.1) is 11.3 Å². The quantitative estimate of drug-likeness (QED) is 0.415. The van der Waals surface area contributed by atoms with Crippen molar-refractivity contribution in [2.24, 2.45) is 0 Å². The molecule has 0 bridgehead atoms. The summed E-state index contributed by atoms with van der Waals surface area (Å²) < 4.78 is 0. The van der Waals surface area contributed by atoms with Crippen LogP contribution in [0.4, 0.5) is 33.6 Å². The fourth-order valence-electron chi connectivity index (χ4n) is 3.84. The Morgan fingerprint density at radius 2 is 1.78 bits per heavy atom. The van der Waals surface area contributed by atoms with Crippen molar-refractivity contribution in [1.29, 1.82) is 0 Å². The molecule has 5 rings (SSSR count). The molecule has 1 aliphatic rings. The van der Waals surface area contributed by atoms with Crippen LogP contribution in [0.3, 0.4) is 0 Å². The van der Waals surface area contributed by atoms with E-state index in [1.807, 2.05) is 66.8 Å². The van der Waals surface area contributed by atoms with Gasteiger partial charge in [0.2, 0.25) is 5.91 Å². The van der Waals surface area contributed by atoms with E-state index in [1.54, 1.807) is 11.3 Å². The molecule has 32 heavy (non-hydrogen) atoms. The van der Waals surface area contributed by atoms with Crippen molar-refractivity contribution in [3.63, 3.8) is 0 Å². The summed E-state index contributed by atoms with van der Waals surface area (Å²) in [7, 11) is 3.98. The van der Waals surface area contributed by atoms with Crippen molar-refractivity contribution in [3.05, 3.63) is 78.2 Å². The lowest BCUT2D eigenvalue weighted by Crippen LogP contribution is -2.35. The molecule has 6 nitrogen and oxygen atoms in total. The molecule has 0 radical (unpaired) electrons. The van der Waals surface area contributed by atoms with Gasteiger partial charge in [0.25, 0.3) is 0 Å². The average Bonchev–Trinajstić information content (AvgIpc) is 3.28. The van der Waals surface area contributed by atoms with Gasteiger partial charge in [0.05, 0.1) is 35.0 Å². The van der Waals surface area contributed by atoms with Gasteiger partial charge in [0.15, 0.2) is 5.13 Å². The monoisotopic (exact) mass is 441 g/mol. The lowest BCUT2D eigenvalue weighted by molar-refractivity contribution is -0.115. The molecule has 3 aromatic carbocycles. The molecule has 0 spiro atoms. The van der Waals surface area contributed by atoms with Gasteiger partial charge in [-0.2, -0.15) is 0 Å². The first-order valence-electron chi connectivity index (χ1n) is 10.3. The van der Waals surface area contributed by atoms with Gasteiger partial charge in [0.1, 0.15) is 0 Å². The normalized spacial score (nSPS) is 12.8. The van der Waals surface area contributed by atoms with E-state index >= 15 is 0 Å². The van der Waals surface area contributed by atoms with Crippen LogP contribution in [-0.2, 0) is 4.79 Å². The van der Waals surface area contributed by atoms with Crippen LogP contribution in [-0.4, -0.2) is 31.5 Å². The summed E-state index contributed by atoms with van der Waals surface area (Å²) in [5.74, 6) is -0.0178. The van der Waals surface area contributed by atoms with Gasteiger partial charge in [-0.05, 0) is 24.3 Å². The molecule has 160 valence electrons. The van der Waals surface area contributed by atoms with Crippen molar-refractivity contribution in [2.75, 3.05) is 41.1 Å². The Bertz CT molecular complexity index is 1260. The summed E-state index contributed by atoms with van der Waals surface area (Å²) in [6.07, 6.45) is 0. The van der Waals surface area contributed by atoms with E-state index in [0.717, 1.165) is 44.8 Å². The number of rotatable bonds is 5. The second-order valence-corrected chi connectivity index (χ2v) is 8.57. The Morgan fingerprint density at radius 3 is 2.53 bits per heavy atom. The lowest BCUT2D eigenvalue weighted by Gasteiger charge is -2.31. The number of hydrogen-bond acceptors (Lipinski definition) is 6. The van der Waals surface area contributed by atoms with Crippen molar-refractivity contribution in [3.8, 4) is 11.3 Å². The molecule has 7 heteroatoms. The zero-order valence-electron chi connectivity index (χ0n) is 17.9. The summed E-state index contributed by atoms with van der Waals surface area (Å²) in [4.78, 5) is 21.0. The molecule has 0 fully saturated rings. The number of amides is 1. The number of nitrogens with one attached hydrogen (secondary N) is 2. The fraction of sp³-hybridized carbons (Fsp3) is 0.120.